The van der Waals surface area contributed by atoms with Crippen LogP contribution in [-0.4, -0.2) is 20.8 Å². The molecule has 21 heavy (non-hydrogen) atoms. The fourth-order valence-corrected chi connectivity index (χ4v) is 2.92. The van der Waals surface area contributed by atoms with E-state index < -0.39 is 0 Å². The van der Waals surface area contributed by atoms with Crippen molar-refractivity contribution in [3.8, 4) is 11.5 Å². The molecular formula is C17H20INO2. The summed E-state index contributed by atoms with van der Waals surface area (Å²) in [6.07, 6.45) is 0. The predicted molar refractivity (Wildman–Crippen MR) is 94.2 cm³/mol. The topological polar surface area (TPSA) is 30.5 Å². The van der Waals surface area contributed by atoms with Gasteiger partial charge in [-0.2, -0.15) is 0 Å². The van der Waals surface area contributed by atoms with Gasteiger partial charge in [-0.3, -0.25) is 0 Å². The molecule has 2 aromatic carbocycles. The van der Waals surface area contributed by atoms with Crippen molar-refractivity contribution in [1.29, 1.82) is 0 Å². The number of ether oxygens (including phenoxy) is 2. The minimum atomic E-state index is 0.102. The van der Waals surface area contributed by atoms with Crippen LogP contribution in [0.3, 0.4) is 0 Å². The standard InChI is InChI=1S/C17H20INO2/c1-4-19-17(12-6-5-7-13(18)10-12)15-9-8-14(20-2)11-16(15)21-3/h5-11,17,19H,4H2,1-3H3. The zero-order valence-corrected chi connectivity index (χ0v) is 14.7. The highest BCUT2D eigenvalue weighted by Crippen LogP contribution is 2.33. The van der Waals surface area contributed by atoms with E-state index in [0.717, 1.165) is 23.6 Å². The zero-order chi connectivity index (χ0) is 15.2. The molecule has 112 valence electrons. The van der Waals surface area contributed by atoms with Crippen molar-refractivity contribution in [3.63, 3.8) is 0 Å². The molecule has 0 amide bonds. The Morgan fingerprint density at radius 3 is 2.52 bits per heavy atom. The lowest BCUT2D eigenvalue weighted by molar-refractivity contribution is 0.387. The molecule has 0 radical (unpaired) electrons. The van der Waals surface area contributed by atoms with Crippen molar-refractivity contribution >= 4 is 22.6 Å². The molecule has 0 spiro atoms. The molecule has 2 aromatic rings. The molecule has 0 saturated heterocycles. The Kier molecular flexibility index (Phi) is 5.87. The molecular weight excluding hydrogens is 377 g/mol. The molecule has 3 nitrogen and oxygen atoms in total. The largest absolute Gasteiger partial charge is 0.497 e. The van der Waals surface area contributed by atoms with E-state index in [-0.39, 0.29) is 6.04 Å². The summed E-state index contributed by atoms with van der Waals surface area (Å²) in [4.78, 5) is 0. The van der Waals surface area contributed by atoms with E-state index in [1.54, 1.807) is 14.2 Å². The van der Waals surface area contributed by atoms with E-state index in [1.807, 2.05) is 12.1 Å². The third-order valence-electron chi connectivity index (χ3n) is 3.34. The second kappa shape index (κ2) is 7.66. The van der Waals surface area contributed by atoms with Gasteiger partial charge in [0.25, 0.3) is 0 Å². The maximum absolute atomic E-state index is 5.54. The van der Waals surface area contributed by atoms with Crippen LogP contribution >= 0.6 is 22.6 Å². The van der Waals surface area contributed by atoms with Gasteiger partial charge < -0.3 is 14.8 Å². The number of hydrogen-bond donors (Lipinski definition) is 1. The second-order valence-electron chi connectivity index (χ2n) is 4.65. The van der Waals surface area contributed by atoms with Crippen molar-refractivity contribution in [2.75, 3.05) is 20.8 Å². The Balaban J connectivity index is 2.47. The quantitative estimate of drug-likeness (QED) is 0.748. The van der Waals surface area contributed by atoms with Crippen LogP contribution in [-0.2, 0) is 0 Å². The highest BCUT2D eigenvalue weighted by Gasteiger charge is 2.18. The zero-order valence-electron chi connectivity index (χ0n) is 12.5. The molecule has 1 N–H and O–H groups in total. The lowest BCUT2D eigenvalue weighted by Gasteiger charge is -2.22. The maximum Gasteiger partial charge on any atom is 0.127 e. The number of benzene rings is 2. The van der Waals surface area contributed by atoms with Gasteiger partial charge in [-0.1, -0.05) is 19.1 Å². The van der Waals surface area contributed by atoms with Crippen LogP contribution in [0.4, 0.5) is 0 Å². The summed E-state index contributed by atoms with van der Waals surface area (Å²) >= 11 is 2.34. The van der Waals surface area contributed by atoms with Crippen LogP contribution in [0.5, 0.6) is 11.5 Å². The lowest BCUT2D eigenvalue weighted by atomic mass is 9.97. The third-order valence-corrected chi connectivity index (χ3v) is 4.01. The van der Waals surface area contributed by atoms with Crippen LogP contribution in [0.25, 0.3) is 0 Å². The van der Waals surface area contributed by atoms with E-state index in [4.69, 9.17) is 9.47 Å². The average Bonchev–Trinajstić information content (AvgIpc) is 2.52. The summed E-state index contributed by atoms with van der Waals surface area (Å²) < 4.78 is 12.0. The van der Waals surface area contributed by atoms with Crippen LogP contribution in [0.2, 0.25) is 0 Å². The van der Waals surface area contributed by atoms with Crippen LogP contribution in [0.1, 0.15) is 24.1 Å². The van der Waals surface area contributed by atoms with E-state index >= 15 is 0 Å². The molecule has 0 saturated carbocycles. The Morgan fingerprint density at radius 1 is 1.10 bits per heavy atom. The summed E-state index contributed by atoms with van der Waals surface area (Å²) in [6.45, 7) is 2.99. The van der Waals surface area contributed by atoms with Crippen molar-refractivity contribution in [3.05, 3.63) is 57.2 Å². The van der Waals surface area contributed by atoms with Crippen LogP contribution in [0.15, 0.2) is 42.5 Å². The summed E-state index contributed by atoms with van der Waals surface area (Å²) in [5.41, 5.74) is 2.34. The smallest absolute Gasteiger partial charge is 0.127 e. The number of rotatable bonds is 6. The SMILES string of the molecule is CCNC(c1cccc(I)c1)c1ccc(OC)cc1OC. The van der Waals surface area contributed by atoms with Crippen molar-refractivity contribution in [1.82, 2.24) is 5.32 Å². The van der Waals surface area contributed by atoms with Gasteiger partial charge in [0.2, 0.25) is 0 Å². The number of hydrogen-bond acceptors (Lipinski definition) is 3. The molecule has 1 unspecified atom stereocenters. The van der Waals surface area contributed by atoms with Gasteiger partial charge in [0.1, 0.15) is 11.5 Å². The number of nitrogens with one attached hydrogen (secondary N) is 1. The summed E-state index contributed by atoms with van der Waals surface area (Å²) in [5.74, 6) is 1.63. The average molecular weight is 397 g/mol. The first-order valence-corrected chi connectivity index (χ1v) is 7.98. The van der Waals surface area contributed by atoms with Gasteiger partial charge in [0.15, 0.2) is 0 Å². The van der Waals surface area contributed by atoms with E-state index in [9.17, 15) is 0 Å². The van der Waals surface area contributed by atoms with E-state index in [2.05, 4.69) is 65.2 Å². The van der Waals surface area contributed by atoms with Crippen LogP contribution < -0.4 is 14.8 Å². The lowest BCUT2D eigenvalue weighted by Crippen LogP contribution is -2.22. The summed E-state index contributed by atoms with van der Waals surface area (Å²) in [6, 6.07) is 14.6. The van der Waals surface area contributed by atoms with Gasteiger partial charge in [-0.25, -0.2) is 0 Å². The molecule has 2 rings (SSSR count). The Bertz CT molecular complexity index is 601. The molecule has 4 heteroatoms. The number of methoxy groups -OCH3 is 2. The summed E-state index contributed by atoms with van der Waals surface area (Å²) in [5, 5.41) is 3.53. The van der Waals surface area contributed by atoms with Gasteiger partial charge in [-0.15, -0.1) is 0 Å². The van der Waals surface area contributed by atoms with Crippen LogP contribution in [0, 0.1) is 3.57 Å². The first-order chi connectivity index (χ1) is 10.2. The first-order valence-electron chi connectivity index (χ1n) is 6.90. The van der Waals surface area contributed by atoms with Gasteiger partial charge >= 0.3 is 0 Å². The highest BCUT2D eigenvalue weighted by atomic mass is 127. The summed E-state index contributed by atoms with van der Waals surface area (Å²) in [7, 11) is 3.35. The fourth-order valence-electron chi connectivity index (χ4n) is 2.35. The highest BCUT2D eigenvalue weighted by molar-refractivity contribution is 14.1. The molecule has 0 aliphatic heterocycles. The predicted octanol–water partition coefficient (Wildman–Crippen LogP) is 4.01. The van der Waals surface area contributed by atoms with Gasteiger partial charge in [0, 0.05) is 15.2 Å². The molecule has 0 aromatic heterocycles. The second-order valence-corrected chi connectivity index (χ2v) is 5.90. The number of halogens is 1. The molecule has 0 bridgehead atoms. The first kappa shape index (κ1) is 16.1. The Hall–Kier alpha value is -1.27. The minimum Gasteiger partial charge on any atom is -0.497 e. The van der Waals surface area contributed by atoms with Crippen molar-refractivity contribution in [2.45, 2.75) is 13.0 Å². The monoisotopic (exact) mass is 397 g/mol. The van der Waals surface area contributed by atoms with Crippen molar-refractivity contribution < 1.29 is 9.47 Å². The normalized spacial score (nSPS) is 12.0. The Labute approximate surface area is 139 Å². The molecule has 1 atom stereocenters. The van der Waals surface area contributed by atoms with Gasteiger partial charge in [0.05, 0.1) is 20.3 Å². The van der Waals surface area contributed by atoms with E-state index in [0.29, 0.717) is 0 Å². The van der Waals surface area contributed by atoms with Gasteiger partial charge in [-0.05, 0) is 59.0 Å². The van der Waals surface area contributed by atoms with E-state index in [1.165, 1.54) is 9.13 Å². The fraction of sp³-hybridized carbons (Fsp3) is 0.294. The molecule has 0 heterocycles. The maximum atomic E-state index is 5.54. The molecule has 0 fully saturated rings. The Morgan fingerprint density at radius 2 is 1.90 bits per heavy atom. The third kappa shape index (κ3) is 3.89. The minimum absolute atomic E-state index is 0.102. The van der Waals surface area contributed by atoms with Crippen molar-refractivity contribution in [2.24, 2.45) is 0 Å². The molecule has 0 aliphatic rings. The molecule has 0 aliphatic carbocycles.